The highest BCUT2D eigenvalue weighted by Crippen LogP contribution is 2.36. The number of rotatable bonds is 6. The van der Waals surface area contributed by atoms with E-state index in [1.54, 1.807) is 30.3 Å². The Balaban J connectivity index is 2.33. The molecule has 0 aromatic heterocycles. The Kier molecular flexibility index (Phi) is 6.51. The van der Waals surface area contributed by atoms with Gasteiger partial charge < -0.3 is 14.8 Å². The molecule has 0 heterocycles. The number of nitro benzene ring substituents is 1. The summed E-state index contributed by atoms with van der Waals surface area (Å²) in [4.78, 5) is 22.9. The van der Waals surface area contributed by atoms with Crippen molar-refractivity contribution in [2.24, 2.45) is 0 Å². The molecule has 1 N–H and O–H groups in total. The lowest BCUT2D eigenvalue weighted by Crippen LogP contribution is -2.13. The Morgan fingerprint density at radius 2 is 1.93 bits per heavy atom. The topological polar surface area (TPSA) is 114 Å². The van der Waals surface area contributed by atoms with Gasteiger partial charge in [0.15, 0.2) is 0 Å². The minimum absolute atomic E-state index is 0.0540. The summed E-state index contributed by atoms with van der Waals surface area (Å²) in [6.45, 7) is 0. The van der Waals surface area contributed by atoms with Gasteiger partial charge in [-0.25, -0.2) is 0 Å². The van der Waals surface area contributed by atoms with Crippen LogP contribution in [0.15, 0.2) is 46.4 Å². The largest absolute Gasteiger partial charge is 0.497 e. The molecule has 0 atom stereocenters. The number of methoxy groups -OCH3 is 2. The highest BCUT2D eigenvalue weighted by Gasteiger charge is 2.20. The lowest BCUT2D eigenvalue weighted by Gasteiger charge is -2.07. The van der Waals surface area contributed by atoms with Crippen molar-refractivity contribution in [1.82, 2.24) is 0 Å². The smallest absolute Gasteiger partial charge is 0.312 e. The van der Waals surface area contributed by atoms with Gasteiger partial charge in [0.1, 0.15) is 17.4 Å². The average molecular weight is 432 g/mol. The van der Waals surface area contributed by atoms with E-state index in [0.717, 1.165) is 0 Å². The van der Waals surface area contributed by atoms with Gasteiger partial charge in [0.25, 0.3) is 5.91 Å². The molecule has 0 unspecified atom stereocenters. The Labute approximate surface area is 163 Å². The molecular weight excluding hydrogens is 418 g/mol. The van der Waals surface area contributed by atoms with Gasteiger partial charge in [0.2, 0.25) is 5.75 Å². The summed E-state index contributed by atoms with van der Waals surface area (Å²) in [6, 6.07) is 11.1. The average Bonchev–Trinajstić information content (AvgIpc) is 2.66. The van der Waals surface area contributed by atoms with Crippen molar-refractivity contribution >= 4 is 39.3 Å². The monoisotopic (exact) mass is 431 g/mol. The zero-order chi connectivity index (χ0) is 20.0. The number of nitrogens with zero attached hydrogens (tertiary/aromatic N) is 2. The Bertz CT molecular complexity index is 949. The fourth-order valence-corrected chi connectivity index (χ4v) is 2.84. The second-order valence-corrected chi connectivity index (χ2v) is 6.02. The van der Waals surface area contributed by atoms with Gasteiger partial charge in [-0.1, -0.05) is 0 Å². The number of amides is 1. The first-order valence-electron chi connectivity index (χ1n) is 7.48. The predicted octanol–water partition coefficient (Wildman–Crippen LogP) is 3.92. The molecule has 27 heavy (non-hydrogen) atoms. The second kappa shape index (κ2) is 8.82. The first-order chi connectivity index (χ1) is 12.9. The summed E-state index contributed by atoms with van der Waals surface area (Å²) >= 11 is 3.19. The maximum absolute atomic E-state index is 12.3. The van der Waals surface area contributed by atoms with E-state index in [1.165, 1.54) is 32.4 Å². The number of carbonyl (C=O) groups excluding carboxylic acids is 1. The van der Waals surface area contributed by atoms with Gasteiger partial charge in [-0.3, -0.25) is 14.9 Å². The first-order valence-corrected chi connectivity index (χ1v) is 8.28. The summed E-state index contributed by atoms with van der Waals surface area (Å²) in [5, 5.41) is 23.1. The van der Waals surface area contributed by atoms with Crippen molar-refractivity contribution in [3.63, 3.8) is 0 Å². The molecular formula is C18H14BrN3O5. The van der Waals surface area contributed by atoms with Crippen molar-refractivity contribution in [1.29, 1.82) is 5.26 Å². The fraction of sp³-hybridized carbons (Fsp3) is 0.111. The van der Waals surface area contributed by atoms with Gasteiger partial charge in [-0.15, -0.1) is 0 Å². The van der Waals surface area contributed by atoms with Crippen molar-refractivity contribution in [2.75, 3.05) is 19.5 Å². The summed E-state index contributed by atoms with van der Waals surface area (Å²) in [5.74, 6) is 0.0371. The molecule has 0 radical (unpaired) electrons. The van der Waals surface area contributed by atoms with E-state index in [0.29, 0.717) is 21.5 Å². The van der Waals surface area contributed by atoms with Crippen LogP contribution >= 0.6 is 15.9 Å². The minimum Gasteiger partial charge on any atom is -0.497 e. The lowest BCUT2D eigenvalue weighted by atomic mass is 10.1. The number of hydrogen-bond donors (Lipinski definition) is 1. The number of nitrogens with one attached hydrogen (secondary N) is 1. The second-order valence-electron chi connectivity index (χ2n) is 5.16. The van der Waals surface area contributed by atoms with Crippen LogP contribution in [0.25, 0.3) is 6.08 Å². The van der Waals surface area contributed by atoms with Crippen molar-refractivity contribution < 1.29 is 19.2 Å². The molecule has 0 aliphatic heterocycles. The van der Waals surface area contributed by atoms with Crippen LogP contribution in [0.3, 0.4) is 0 Å². The molecule has 0 saturated heterocycles. The van der Waals surface area contributed by atoms with Gasteiger partial charge in [-0.05, 0) is 57.9 Å². The summed E-state index contributed by atoms with van der Waals surface area (Å²) in [5.41, 5.74) is 0.280. The van der Waals surface area contributed by atoms with E-state index >= 15 is 0 Å². The van der Waals surface area contributed by atoms with E-state index in [-0.39, 0.29) is 17.0 Å². The zero-order valence-electron chi connectivity index (χ0n) is 14.4. The van der Waals surface area contributed by atoms with Crippen LogP contribution in [-0.2, 0) is 4.79 Å². The number of anilines is 1. The van der Waals surface area contributed by atoms with Gasteiger partial charge in [0, 0.05) is 11.8 Å². The van der Waals surface area contributed by atoms with Crippen LogP contribution in [0.4, 0.5) is 11.4 Å². The number of carbonyl (C=O) groups is 1. The van der Waals surface area contributed by atoms with E-state index < -0.39 is 10.8 Å². The fourth-order valence-electron chi connectivity index (χ4n) is 2.21. The molecule has 9 heteroatoms. The van der Waals surface area contributed by atoms with Crippen molar-refractivity contribution in [3.8, 4) is 17.6 Å². The summed E-state index contributed by atoms with van der Waals surface area (Å²) < 4.78 is 10.4. The molecule has 2 aromatic carbocycles. The standard InChI is InChI=1S/C18H14BrN3O5/c1-26-14-5-3-13(4-6-14)21-18(23)12(10-20)7-11-8-15(19)17(27-2)16(9-11)22(24)25/h3-9H,1-2H3,(H,21,23)/b12-7-. The molecule has 1 amide bonds. The van der Waals surface area contributed by atoms with Crippen LogP contribution in [0.5, 0.6) is 11.5 Å². The normalized spacial score (nSPS) is 10.7. The van der Waals surface area contributed by atoms with Crippen molar-refractivity contribution in [3.05, 3.63) is 62.1 Å². The molecule has 8 nitrogen and oxygen atoms in total. The molecule has 2 rings (SSSR count). The predicted molar refractivity (Wildman–Crippen MR) is 103 cm³/mol. The molecule has 0 fully saturated rings. The maximum atomic E-state index is 12.3. The number of hydrogen-bond acceptors (Lipinski definition) is 6. The third kappa shape index (κ3) is 4.83. The third-order valence-corrected chi connectivity index (χ3v) is 4.06. The Hall–Kier alpha value is -3.38. The van der Waals surface area contributed by atoms with E-state index in [4.69, 9.17) is 9.47 Å². The molecule has 0 saturated carbocycles. The van der Waals surface area contributed by atoms with Crippen LogP contribution < -0.4 is 14.8 Å². The number of benzene rings is 2. The highest BCUT2D eigenvalue weighted by atomic mass is 79.9. The van der Waals surface area contributed by atoms with Crippen LogP contribution in [0.1, 0.15) is 5.56 Å². The molecule has 2 aromatic rings. The maximum Gasteiger partial charge on any atom is 0.312 e. The minimum atomic E-state index is -0.641. The molecule has 0 spiro atoms. The summed E-state index contributed by atoms with van der Waals surface area (Å²) in [6.07, 6.45) is 1.26. The van der Waals surface area contributed by atoms with Crippen LogP contribution in [-0.4, -0.2) is 25.1 Å². The SMILES string of the molecule is COc1ccc(NC(=O)/C(C#N)=C\c2cc(Br)c(OC)c([N+](=O)[O-])c2)cc1. The number of nitriles is 1. The quantitative estimate of drug-likeness (QED) is 0.320. The van der Waals surface area contributed by atoms with Gasteiger partial charge in [-0.2, -0.15) is 5.26 Å². The van der Waals surface area contributed by atoms with Crippen molar-refractivity contribution in [2.45, 2.75) is 0 Å². The summed E-state index contributed by atoms with van der Waals surface area (Å²) in [7, 11) is 2.84. The van der Waals surface area contributed by atoms with E-state index in [9.17, 15) is 20.2 Å². The number of halogens is 1. The van der Waals surface area contributed by atoms with Gasteiger partial charge in [0.05, 0.1) is 23.6 Å². The van der Waals surface area contributed by atoms with Crippen LogP contribution in [0, 0.1) is 21.4 Å². The van der Waals surface area contributed by atoms with E-state index in [2.05, 4.69) is 21.2 Å². The highest BCUT2D eigenvalue weighted by molar-refractivity contribution is 9.10. The Morgan fingerprint density at radius 3 is 2.44 bits per heavy atom. The lowest BCUT2D eigenvalue weighted by molar-refractivity contribution is -0.385. The molecule has 0 aliphatic rings. The Morgan fingerprint density at radius 1 is 1.26 bits per heavy atom. The van der Waals surface area contributed by atoms with E-state index in [1.807, 2.05) is 0 Å². The zero-order valence-corrected chi connectivity index (χ0v) is 15.9. The molecule has 138 valence electrons. The first kappa shape index (κ1) is 19.9. The number of ether oxygens (including phenoxy) is 2. The van der Waals surface area contributed by atoms with Crippen LogP contribution in [0.2, 0.25) is 0 Å². The molecule has 0 aliphatic carbocycles. The van der Waals surface area contributed by atoms with Gasteiger partial charge >= 0.3 is 5.69 Å². The third-order valence-electron chi connectivity index (χ3n) is 3.47. The number of nitro groups is 1. The molecule has 0 bridgehead atoms.